The van der Waals surface area contributed by atoms with Crippen molar-refractivity contribution in [1.82, 2.24) is 4.98 Å². The van der Waals surface area contributed by atoms with Gasteiger partial charge in [-0.3, -0.25) is 4.79 Å². The third-order valence-corrected chi connectivity index (χ3v) is 3.43. The van der Waals surface area contributed by atoms with Crippen LogP contribution in [0, 0.1) is 6.92 Å². The zero-order valence-corrected chi connectivity index (χ0v) is 10.1. The third kappa shape index (κ3) is 1.41. The van der Waals surface area contributed by atoms with Gasteiger partial charge >= 0.3 is 0 Å². The van der Waals surface area contributed by atoms with Crippen molar-refractivity contribution in [3.8, 4) is 0 Å². The fourth-order valence-electron chi connectivity index (χ4n) is 2.55. The van der Waals surface area contributed by atoms with Gasteiger partial charge in [-0.25, -0.2) is 0 Å². The number of hydrogen-bond acceptors (Lipinski definition) is 2. The summed E-state index contributed by atoms with van der Waals surface area (Å²) in [6.07, 6.45) is 0. The molecule has 0 aliphatic heterocycles. The van der Waals surface area contributed by atoms with Gasteiger partial charge in [-0.1, -0.05) is 18.2 Å². The summed E-state index contributed by atoms with van der Waals surface area (Å²) in [6.45, 7) is 3.93. The van der Waals surface area contributed by atoms with E-state index >= 15 is 0 Å². The van der Waals surface area contributed by atoms with Crippen molar-refractivity contribution in [3.63, 3.8) is 0 Å². The molecule has 0 amide bonds. The average molecular weight is 248 g/mol. The minimum absolute atomic E-state index is 0.145. The molecule has 0 unspecified atom stereocenters. The molecule has 1 radical (unpaired) electrons. The average Bonchev–Trinajstić information content (AvgIpc) is 2.74. The lowest BCUT2D eigenvalue weighted by molar-refractivity contribution is 0.669. The second-order valence-corrected chi connectivity index (χ2v) is 4.65. The van der Waals surface area contributed by atoms with Gasteiger partial charge in [-0.2, -0.15) is 0 Å². The number of hydrogen-bond donors (Lipinski definition) is 1. The normalized spacial score (nSPS) is 11.6. The van der Waals surface area contributed by atoms with Gasteiger partial charge in [0.05, 0.1) is 5.52 Å². The molecule has 0 aliphatic carbocycles. The van der Waals surface area contributed by atoms with E-state index in [1.165, 1.54) is 6.07 Å². The lowest BCUT2D eigenvalue weighted by atomic mass is 10.1. The smallest absolute Gasteiger partial charge is 0.248 e. The predicted octanol–water partition coefficient (Wildman–Crippen LogP) is 3.61. The monoisotopic (exact) mass is 248 g/mol. The maximum atomic E-state index is 11.5. The Balaban J connectivity index is 2.28. The van der Waals surface area contributed by atoms with Crippen molar-refractivity contribution in [3.05, 3.63) is 65.3 Å². The summed E-state index contributed by atoms with van der Waals surface area (Å²) in [7, 11) is 0. The summed E-state index contributed by atoms with van der Waals surface area (Å²) in [5, 5.41) is 3.06. The van der Waals surface area contributed by atoms with Gasteiger partial charge in [-0.15, -0.1) is 0 Å². The fraction of sp³-hybridized carbons (Fsp3) is 0. The Bertz CT molecular complexity index is 992. The summed E-state index contributed by atoms with van der Waals surface area (Å²) in [5.74, 6) is 0. The number of para-hydroxylation sites is 1. The minimum Gasteiger partial charge on any atom is -0.456 e. The van der Waals surface area contributed by atoms with Gasteiger partial charge in [0.25, 0.3) is 0 Å². The number of nitrogens with one attached hydrogen (secondary N) is 1. The van der Waals surface area contributed by atoms with E-state index in [9.17, 15) is 4.79 Å². The second-order valence-electron chi connectivity index (χ2n) is 4.65. The Morgan fingerprint density at radius 1 is 0.947 bits per heavy atom. The van der Waals surface area contributed by atoms with Gasteiger partial charge in [0.2, 0.25) is 5.56 Å². The summed E-state index contributed by atoms with van der Waals surface area (Å²) >= 11 is 0. The molecule has 0 bridgehead atoms. The summed E-state index contributed by atoms with van der Waals surface area (Å²) in [4.78, 5) is 14.3. The van der Waals surface area contributed by atoms with E-state index in [2.05, 4.69) is 11.9 Å². The van der Waals surface area contributed by atoms with Crippen molar-refractivity contribution in [2.75, 3.05) is 0 Å². The number of aromatic nitrogens is 1. The van der Waals surface area contributed by atoms with Crippen molar-refractivity contribution in [2.45, 2.75) is 0 Å². The minimum atomic E-state index is -0.145. The van der Waals surface area contributed by atoms with Gasteiger partial charge in [-0.05, 0) is 24.6 Å². The van der Waals surface area contributed by atoms with Gasteiger partial charge < -0.3 is 9.40 Å². The Kier molecular flexibility index (Phi) is 1.90. The van der Waals surface area contributed by atoms with Gasteiger partial charge in [0.15, 0.2) is 0 Å². The Morgan fingerprint density at radius 2 is 1.79 bits per heavy atom. The standard InChI is InChI=1S/C16H10NO2/c1-9-6-16(18)17-13-8-15-12(7-11(9)13)10-4-2-3-5-14(10)19-15/h2-8H,1H2,(H,17,18). The van der Waals surface area contributed by atoms with Crippen LogP contribution in [0.5, 0.6) is 0 Å². The van der Waals surface area contributed by atoms with E-state index < -0.39 is 0 Å². The van der Waals surface area contributed by atoms with E-state index in [4.69, 9.17) is 4.42 Å². The maximum absolute atomic E-state index is 11.5. The first-order valence-corrected chi connectivity index (χ1v) is 6.03. The molecule has 4 rings (SSSR count). The SMILES string of the molecule is [CH2]c1cc(=O)[nH]c2cc3oc4ccccc4c3cc12. The van der Waals surface area contributed by atoms with Gasteiger partial charge in [0, 0.05) is 28.3 Å². The van der Waals surface area contributed by atoms with Crippen molar-refractivity contribution in [2.24, 2.45) is 0 Å². The first-order chi connectivity index (χ1) is 9.22. The number of aromatic amines is 1. The molecule has 3 heteroatoms. The zero-order chi connectivity index (χ0) is 13.0. The molecule has 0 fully saturated rings. The zero-order valence-electron chi connectivity index (χ0n) is 10.1. The first-order valence-electron chi connectivity index (χ1n) is 6.03. The molecule has 1 N–H and O–H groups in total. The van der Waals surface area contributed by atoms with Crippen LogP contribution in [0.4, 0.5) is 0 Å². The Morgan fingerprint density at radius 3 is 2.68 bits per heavy atom. The predicted molar refractivity (Wildman–Crippen MR) is 76.3 cm³/mol. The van der Waals surface area contributed by atoms with E-state index in [0.717, 1.165) is 38.4 Å². The highest BCUT2D eigenvalue weighted by atomic mass is 16.3. The molecule has 0 saturated heterocycles. The lowest BCUT2D eigenvalue weighted by Gasteiger charge is -2.01. The molecule has 91 valence electrons. The second kappa shape index (κ2) is 3.48. The third-order valence-electron chi connectivity index (χ3n) is 3.43. The van der Waals surface area contributed by atoms with Crippen molar-refractivity contribution in [1.29, 1.82) is 0 Å². The number of benzene rings is 2. The molecule has 0 atom stereocenters. The van der Waals surface area contributed by atoms with Gasteiger partial charge in [0.1, 0.15) is 11.2 Å². The van der Waals surface area contributed by atoms with Crippen LogP contribution < -0.4 is 5.56 Å². The van der Waals surface area contributed by atoms with E-state index in [1.54, 1.807) is 0 Å². The molecule has 19 heavy (non-hydrogen) atoms. The molecule has 0 saturated carbocycles. The Hall–Kier alpha value is -2.55. The van der Waals surface area contributed by atoms with Crippen LogP contribution in [-0.2, 0) is 0 Å². The number of furan rings is 1. The molecule has 2 aromatic carbocycles. The van der Waals surface area contributed by atoms with Crippen LogP contribution in [0.3, 0.4) is 0 Å². The molecule has 3 nitrogen and oxygen atoms in total. The maximum Gasteiger partial charge on any atom is 0.248 e. The van der Waals surface area contributed by atoms with Crippen LogP contribution in [-0.4, -0.2) is 4.98 Å². The number of pyridine rings is 1. The number of rotatable bonds is 0. The summed E-state index contributed by atoms with van der Waals surface area (Å²) < 4.78 is 5.80. The molecule has 0 aliphatic rings. The quantitative estimate of drug-likeness (QED) is 0.516. The molecular formula is C16H10NO2. The van der Waals surface area contributed by atoms with Crippen LogP contribution in [0.25, 0.3) is 32.8 Å². The van der Waals surface area contributed by atoms with Crippen LogP contribution in [0.2, 0.25) is 0 Å². The lowest BCUT2D eigenvalue weighted by Crippen LogP contribution is -2.04. The van der Waals surface area contributed by atoms with E-state index in [1.807, 2.05) is 36.4 Å². The van der Waals surface area contributed by atoms with Crippen molar-refractivity contribution < 1.29 is 4.42 Å². The highest BCUT2D eigenvalue weighted by molar-refractivity contribution is 6.09. The molecule has 4 aromatic rings. The van der Waals surface area contributed by atoms with Crippen LogP contribution in [0.1, 0.15) is 5.56 Å². The largest absolute Gasteiger partial charge is 0.456 e. The molecular weight excluding hydrogens is 238 g/mol. The fourth-order valence-corrected chi connectivity index (χ4v) is 2.55. The van der Waals surface area contributed by atoms with E-state index in [0.29, 0.717) is 0 Å². The van der Waals surface area contributed by atoms with Crippen molar-refractivity contribution >= 4 is 32.8 Å². The highest BCUT2D eigenvalue weighted by Crippen LogP contribution is 2.31. The highest BCUT2D eigenvalue weighted by Gasteiger charge is 2.09. The summed E-state index contributed by atoms with van der Waals surface area (Å²) in [6, 6.07) is 13.3. The number of H-pyrrole nitrogens is 1. The topological polar surface area (TPSA) is 46.0 Å². The first kappa shape index (κ1) is 10.4. The van der Waals surface area contributed by atoms with E-state index in [-0.39, 0.29) is 5.56 Å². The van der Waals surface area contributed by atoms with Crippen LogP contribution in [0.15, 0.2) is 51.7 Å². The Labute approximate surface area is 108 Å². The molecule has 2 heterocycles. The van der Waals surface area contributed by atoms with Crippen LogP contribution >= 0.6 is 0 Å². The molecule has 2 aromatic heterocycles. The summed E-state index contributed by atoms with van der Waals surface area (Å²) in [5.41, 5.74) is 2.96. The molecule has 0 spiro atoms. The number of fused-ring (bicyclic) bond motifs is 4.